The minimum absolute atomic E-state index is 0.0261. The number of aliphatic hydroxyl groups excluding tert-OH is 1. The Morgan fingerprint density at radius 2 is 2.00 bits per heavy atom. The van der Waals surface area contributed by atoms with Crippen molar-refractivity contribution in [3.63, 3.8) is 0 Å². The summed E-state index contributed by atoms with van der Waals surface area (Å²) in [5.41, 5.74) is 2.77. The predicted octanol–water partition coefficient (Wildman–Crippen LogP) is 2.98. The van der Waals surface area contributed by atoms with E-state index in [9.17, 15) is 9.90 Å². The molecule has 1 unspecified atom stereocenters. The van der Waals surface area contributed by atoms with Crippen LogP contribution >= 0.6 is 11.6 Å². The Morgan fingerprint density at radius 3 is 2.71 bits per heavy atom. The average molecular weight is 397 g/mol. The molecule has 0 saturated carbocycles. The summed E-state index contributed by atoms with van der Waals surface area (Å²) in [6, 6.07) is 13.6. The number of aromatic nitrogens is 2. The van der Waals surface area contributed by atoms with Crippen molar-refractivity contribution < 1.29 is 9.90 Å². The monoisotopic (exact) mass is 396 g/mol. The van der Waals surface area contributed by atoms with Gasteiger partial charge in [-0.25, -0.2) is 9.97 Å². The van der Waals surface area contributed by atoms with E-state index in [-0.39, 0.29) is 18.6 Å². The van der Waals surface area contributed by atoms with Crippen LogP contribution in [0, 0.1) is 0 Å². The molecule has 0 bridgehead atoms. The molecule has 28 heavy (non-hydrogen) atoms. The third-order valence-electron chi connectivity index (χ3n) is 5.19. The smallest absolute Gasteiger partial charge is 0.219 e. The number of amides is 1. The summed E-state index contributed by atoms with van der Waals surface area (Å²) in [6.07, 6.45) is 1.55. The van der Waals surface area contributed by atoms with Crippen LogP contribution in [0.4, 0.5) is 5.82 Å². The molecule has 1 aliphatic heterocycles. The lowest BCUT2D eigenvalue weighted by atomic mass is 10.0. The molecule has 1 saturated heterocycles. The van der Waals surface area contributed by atoms with Crippen LogP contribution in [0.5, 0.6) is 0 Å². The zero-order chi connectivity index (χ0) is 19.7. The minimum atomic E-state index is -0.254. The van der Waals surface area contributed by atoms with E-state index in [2.05, 4.69) is 14.9 Å². The first-order valence-electron chi connectivity index (χ1n) is 9.21. The molecule has 0 radical (unpaired) electrons. The minimum Gasteiger partial charge on any atom is -0.394 e. The quantitative estimate of drug-likeness (QED) is 0.737. The van der Waals surface area contributed by atoms with E-state index >= 15 is 0 Å². The Morgan fingerprint density at radius 1 is 1.21 bits per heavy atom. The number of hydrogen-bond donors (Lipinski definition) is 1. The van der Waals surface area contributed by atoms with Gasteiger partial charge in [0.25, 0.3) is 0 Å². The fourth-order valence-corrected chi connectivity index (χ4v) is 4.05. The molecule has 0 aliphatic carbocycles. The normalized spacial score (nSPS) is 17.2. The topological polar surface area (TPSA) is 69.6 Å². The molecule has 2 aromatic carbocycles. The zero-order valence-corrected chi connectivity index (χ0v) is 16.3. The van der Waals surface area contributed by atoms with E-state index in [0.717, 1.165) is 27.8 Å². The van der Waals surface area contributed by atoms with E-state index < -0.39 is 0 Å². The van der Waals surface area contributed by atoms with Gasteiger partial charge in [-0.05, 0) is 17.7 Å². The molecule has 2 heterocycles. The lowest BCUT2D eigenvalue weighted by molar-refractivity contribution is -0.132. The molecule has 0 spiro atoms. The van der Waals surface area contributed by atoms with Crippen molar-refractivity contribution in [1.82, 2.24) is 14.9 Å². The number of benzene rings is 2. The molecule has 144 valence electrons. The summed E-state index contributed by atoms with van der Waals surface area (Å²) in [7, 11) is 0. The van der Waals surface area contributed by atoms with Crippen molar-refractivity contribution in [1.29, 1.82) is 0 Å². The Hall–Kier alpha value is -2.70. The maximum Gasteiger partial charge on any atom is 0.219 e. The number of rotatable bonds is 3. The van der Waals surface area contributed by atoms with Crippen LogP contribution in [0.1, 0.15) is 6.92 Å². The van der Waals surface area contributed by atoms with E-state index in [0.29, 0.717) is 24.7 Å². The van der Waals surface area contributed by atoms with Gasteiger partial charge in [0.15, 0.2) is 0 Å². The van der Waals surface area contributed by atoms with Gasteiger partial charge in [0, 0.05) is 42.5 Å². The van der Waals surface area contributed by atoms with Crippen LogP contribution < -0.4 is 4.90 Å². The van der Waals surface area contributed by atoms with Gasteiger partial charge >= 0.3 is 0 Å². The zero-order valence-electron chi connectivity index (χ0n) is 15.5. The molecule has 1 aliphatic rings. The molecule has 6 nitrogen and oxygen atoms in total. The predicted molar refractivity (Wildman–Crippen MR) is 110 cm³/mol. The number of carbonyl (C=O) groups is 1. The summed E-state index contributed by atoms with van der Waals surface area (Å²) >= 11 is 6.60. The number of piperazine rings is 1. The molecule has 1 aromatic heterocycles. The highest BCUT2D eigenvalue weighted by molar-refractivity contribution is 6.34. The molecule has 1 amide bonds. The van der Waals surface area contributed by atoms with Crippen molar-refractivity contribution in [2.24, 2.45) is 0 Å². The van der Waals surface area contributed by atoms with E-state index in [1.807, 2.05) is 42.5 Å². The van der Waals surface area contributed by atoms with Crippen LogP contribution in [0.15, 0.2) is 48.8 Å². The van der Waals surface area contributed by atoms with Gasteiger partial charge in [0.2, 0.25) is 5.91 Å². The highest BCUT2D eigenvalue weighted by Gasteiger charge is 2.29. The number of hydrogen-bond acceptors (Lipinski definition) is 5. The first-order chi connectivity index (χ1) is 13.6. The molecule has 3 aromatic rings. The molecular weight excluding hydrogens is 376 g/mol. The summed E-state index contributed by atoms with van der Waals surface area (Å²) in [5.74, 6) is 0.745. The Bertz CT molecular complexity index is 1010. The first kappa shape index (κ1) is 18.7. The fourth-order valence-electron chi connectivity index (χ4n) is 3.77. The fraction of sp³-hybridized carbons (Fsp3) is 0.286. The maximum atomic E-state index is 11.8. The van der Waals surface area contributed by atoms with E-state index in [1.165, 1.54) is 6.92 Å². The van der Waals surface area contributed by atoms with Gasteiger partial charge in [0.1, 0.15) is 12.1 Å². The Kier molecular flexibility index (Phi) is 5.15. The molecular formula is C21H21ClN4O2. The van der Waals surface area contributed by atoms with Gasteiger partial charge in [-0.1, -0.05) is 41.9 Å². The number of carbonyl (C=O) groups excluding carboxylic acids is 1. The molecule has 1 N–H and O–H groups in total. The third kappa shape index (κ3) is 3.41. The van der Waals surface area contributed by atoms with E-state index in [4.69, 9.17) is 11.6 Å². The van der Waals surface area contributed by atoms with Crippen LogP contribution in [-0.2, 0) is 4.79 Å². The van der Waals surface area contributed by atoms with Crippen LogP contribution in [0.25, 0.3) is 22.0 Å². The van der Waals surface area contributed by atoms with Crippen molar-refractivity contribution in [3.8, 4) is 11.1 Å². The highest BCUT2D eigenvalue weighted by atomic mass is 35.5. The van der Waals surface area contributed by atoms with Gasteiger partial charge in [-0.15, -0.1) is 0 Å². The second kappa shape index (κ2) is 7.73. The Balaban J connectivity index is 1.73. The highest BCUT2D eigenvalue weighted by Crippen LogP contribution is 2.34. The first-order valence-corrected chi connectivity index (χ1v) is 9.59. The lowest BCUT2D eigenvalue weighted by Gasteiger charge is -2.41. The van der Waals surface area contributed by atoms with Gasteiger partial charge in [-0.3, -0.25) is 4.79 Å². The van der Waals surface area contributed by atoms with Crippen LogP contribution in [-0.4, -0.2) is 58.2 Å². The van der Waals surface area contributed by atoms with Gasteiger partial charge in [-0.2, -0.15) is 0 Å². The lowest BCUT2D eigenvalue weighted by Crippen LogP contribution is -2.56. The van der Waals surface area contributed by atoms with Crippen molar-refractivity contribution >= 4 is 34.2 Å². The van der Waals surface area contributed by atoms with Crippen molar-refractivity contribution in [3.05, 3.63) is 53.8 Å². The number of fused-ring (bicyclic) bond motifs is 1. The summed E-state index contributed by atoms with van der Waals surface area (Å²) in [6.45, 7) is 3.14. The van der Waals surface area contributed by atoms with Gasteiger partial charge in [0.05, 0.1) is 18.2 Å². The summed E-state index contributed by atoms with van der Waals surface area (Å²) in [5, 5.41) is 11.2. The van der Waals surface area contributed by atoms with Crippen LogP contribution in [0.3, 0.4) is 0 Å². The van der Waals surface area contributed by atoms with Crippen LogP contribution in [0.2, 0.25) is 5.02 Å². The average Bonchev–Trinajstić information content (AvgIpc) is 2.73. The number of aliphatic hydroxyl groups is 1. The second-order valence-electron chi connectivity index (χ2n) is 6.91. The Labute approximate surface area is 168 Å². The number of halogens is 1. The molecule has 1 fully saturated rings. The number of nitrogens with zero attached hydrogens (tertiary/aromatic N) is 4. The number of anilines is 1. The maximum absolute atomic E-state index is 11.8. The molecule has 4 rings (SSSR count). The summed E-state index contributed by atoms with van der Waals surface area (Å²) in [4.78, 5) is 24.5. The standard InChI is InChI=1S/C21H21ClN4O2/c1-14(28)26-8-7-25(11-16(26)12-27)21-18-9-19(22)17(10-20(18)23-13-24-21)15-5-3-2-4-6-15/h2-6,9-10,13,16,27H,7-8,11-12H2,1H3. The van der Waals surface area contributed by atoms with Crippen molar-refractivity contribution in [2.75, 3.05) is 31.1 Å². The van der Waals surface area contributed by atoms with E-state index in [1.54, 1.807) is 11.2 Å². The third-order valence-corrected chi connectivity index (χ3v) is 5.50. The SMILES string of the molecule is CC(=O)N1CCN(c2ncnc3cc(-c4ccccc4)c(Cl)cc23)CC1CO. The summed E-state index contributed by atoms with van der Waals surface area (Å²) < 4.78 is 0. The molecule has 7 heteroatoms. The largest absolute Gasteiger partial charge is 0.394 e. The second-order valence-corrected chi connectivity index (χ2v) is 7.31. The van der Waals surface area contributed by atoms with Gasteiger partial charge < -0.3 is 14.9 Å². The molecule has 1 atom stereocenters. The van der Waals surface area contributed by atoms with Crippen molar-refractivity contribution in [2.45, 2.75) is 13.0 Å².